The number of benzene rings is 1. The fourth-order valence-electron chi connectivity index (χ4n) is 2.49. The highest BCUT2D eigenvalue weighted by atomic mass is 16.5. The Labute approximate surface area is 163 Å². The Bertz CT molecular complexity index is 602. The van der Waals surface area contributed by atoms with Crippen LogP contribution >= 0.6 is 0 Å². The summed E-state index contributed by atoms with van der Waals surface area (Å²) in [5.41, 5.74) is 1.24. The minimum absolute atomic E-state index is 0.0333. The Kier molecular flexibility index (Phi) is 10.2. The van der Waals surface area contributed by atoms with Crippen molar-refractivity contribution in [2.75, 3.05) is 13.7 Å². The fourth-order valence-corrected chi connectivity index (χ4v) is 2.49. The van der Waals surface area contributed by atoms with Gasteiger partial charge in [-0.05, 0) is 23.8 Å². The molecule has 0 spiro atoms. The molecule has 5 heteroatoms. The van der Waals surface area contributed by atoms with E-state index in [1.807, 2.05) is 30.3 Å². The number of rotatable bonds is 11. The molecule has 1 amide bonds. The molecule has 0 aliphatic rings. The summed E-state index contributed by atoms with van der Waals surface area (Å²) in [6.45, 7) is 7.27. The van der Waals surface area contributed by atoms with Gasteiger partial charge in [-0.15, -0.1) is 0 Å². The van der Waals surface area contributed by atoms with Crippen molar-refractivity contribution >= 4 is 11.9 Å². The third kappa shape index (κ3) is 11.8. The van der Waals surface area contributed by atoms with Crippen molar-refractivity contribution in [3.05, 3.63) is 47.7 Å². The maximum absolute atomic E-state index is 11.9. The Balaban J connectivity index is 2.24. The first kappa shape index (κ1) is 22.7. The molecule has 0 aliphatic heterocycles. The molecule has 0 radical (unpaired) electrons. The second-order valence-electron chi connectivity index (χ2n) is 7.78. The molecular formula is C22H33NO4. The van der Waals surface area contributed by atoms with Gasteiger partial charge in [-0.2, -0.15) is 0 Å². The maximum atomic E-state index is 11.9. The lowest BCUT2D eigenvalue weighted by Gasteiger charge is -2.17. The first-order chi connectivity index (χ1) is 12.8. The lowest BCUT2D eigenvalue weighted by molar-refractivity contribution is -0.139. The van der Waals surface area contributed by atoms with E-state index in [4.69, 9.17) is 9.47 Å². The van der Waals surface area contributed by atoms with Gasteiger partial charge in [-0.3, -0.25) is 4.79 Å². The van der Waals surface area contributed by atoms with Gasteiger partial charge >= 0.3 is 5.97 Å². The van der Waals surface area contributed by atoms with Crippen molar-refractivity contribution in [3.63, 3.8) is 0 Å². The summed E-state index contributed by atoms with van der Waals surface area (Å²) in [4.78, 5) is 23.7. The summed E-state index contributed by atoms with van der Waals surface area (Å²) in [7, 11) is 1.50. The van der Waals surface area contributed by atoms with Crippen LogP contribution in [0.25, 0.3) is 0 Å². The Morgan fingerprint density at radius 2 is 1.78 bits per heavy atom. The van der Waals surface area contributed by atoms with Crippen LogP contribution in [0.5, 0.6) is 0 Å². The van der Waals surface area contributed by atoms with Crippen molar-refractivity contribution in [1.29, 1.82) is 0 Å². The van der Waals surface area contributed by atoms with Crippen LogP contribution in [0.3, 0.4) is 0 Å². The lowest BCUT2D eigenvalue weighted by Crippen LogP contribution is -2.24. The molecule has 0 saturated carbocycles. The Morgan fingerprint density at radius 1 is 1.07 bits per heavy atom. The lowest BCUT2D eigenvalue weighted by atomic mass is 9.89. The second-order valence-corrected chi connectivity index (χ2v) is 7.78. The molecule has 1 aromatic rings. The first-order valence-corrected chi connectivity index (χ1v) is 9.52. The van der Waals surface area contributed by atoms with Crippen molar-refractivity contribution in [3.8, 4) is 0 Å². The monoisotopic (exact) mass is 375 g/mol. The van der Waals surface area contributed by atoms with E-state index in [0.29, 0.717) is 30.6 Å². The summed E-state index contributed by atoms with van der Waals surface area (Å²) in [5, 5.41) is 2.86. The van der Waals surface area contributed by atoms with E-state index in [1.165, 1.54) is 13.2 Å². The molecule has 0 fully saturated rings. The highest BCUT2D eigenvalue weighted by molar-refractivity contribution is 5.82. The van der Waals surface area contributed by atoms with Gasteiger partial charge in [0.25, 0.3) is 0 Å². The largest absolute Gasteiger partial charge is 0.501 e. The van der Waals surface area contributed by atoms with E-state index in [-0.39, 0.29) is 12.5 Å². The molecule has 1 rings (SSSR count). The van der Waals surface area contributed by atoms with Gasteiger partial charge < -0.3 is 14.8 Å². The number of esters is 1. The molecule has 27 heavy (non-hydrogen) atoms. The van der Waals surface area contributed by atoms with E-state index in [2.05, 4.69) is 26.1 Å². The predicted molar refractivity (Wildman–Crippen MR) is 107 cm³/mol. The molecule has 0 atom stereocenters. The molecule has 0 unspecified atom stereocenters. The average Bonchev–Trinajstić information content (AvgIpc) is 2.63. The average molecular weight is 376 g/mol. The summed E-state index contributed by atoms with van der Waals surface area (Å²) < 4.78 is 10.4. The SMILES string of the molecule is CO/C(=C/C(=O)OCc1ccccc1)CCNC(=O)CCCCC(C)(C)C. The number of ether oxygens (including phenoxy) is 2. The van der Waals surface area contributed by atoms with Crippen LogP contribution < -0.4 is 5.32 Å². The van der Waals surface area contributed by atoms with E-state index in [0.717, 1.165) is 24.8 Å². The smallest absolute Gasteiger partial charge is 0.334 e. The predicted octanol–water partition coefficient (Wildman–Crippen LogP) is 4.37. The summed E-state index contributed by atoms with van der Waals surface area (Å²) in [6, 6.07) is 9.49. The summed E-state index contributed by atoms with van der Waals surface area (Å²) in [6.07, 6.45) is 5.36. The minimum Gasteiger partial charge on any atom is -0.501 e. The van der Waals surface area contributed by atoms with Gasteiger partial charge in [0.1, 0.15) is 12.4 Å². The third-order valence-electron chi connectivity index (χ3n) is 4.04. The molecule has 1 N–H and O–H groups in total. The minimum atomic E-state index is -0.454. The van der Waals surface area contributed by atoms with Gasteiger partial charge in [0.15, 0.2) is 0 Å². The van der Waals surface area contributed by atoms with Crippen molar-refractivity contribution < 1.29 is 19.1 Å². The molecular weight excluding hydrogens is 342 g/mol. The van der Waals surface area contributed by atoms with Gasteiger partial charge in [0.2, 0.25) is 5.91 Å². The van der Waals surface area contributed by atoms with Crippen LogP contribution in [-0.4, -0.2) is 25.5 Å². The molecule has 0 bridgehead atoms. The van der Waals surface area contributed by atoms with E-state index < -0.39 is 5.97 Å². The van der Waals surface area contributed by atoms with Gasteiger partial charge in [-0.25, -0.2) is 4.79 Å². The number of hydrogen-bond acceptors (Lipinski definition) is 4. The standard InChI is InChI=1S/C22H33NO4/c1-22(2,3)14-9-8-12-20(24)23-15-13-19(26-4)16-21(25)27-17-18-10-6-5-7-11-18/h5-7,10-11,16H,8-9,12-15,17H2,1-4H3,(H,23,24)/b19-16+. The molecule has 0 heterocycles. The zero-order valence-corrected chi connectivity index (χ0v) is 17.0. The van der Waals surface area contributed by atoms with Crippen LogP contribution in [0.15, 0.2) is 42.2 Å². The van der Waals surface area contributed by atoms with Gasteiger partial charge in [0, 0.05) is 19.4 Å². The Morgan fingerprint density at radius 3 is 2.41 bits per heavy atom. The van der Waals surface area contributed by atoms with Crippen molar-refractivity contribution in [1.82, 2.24) is 5.32 Å². The number of methoxy groups -OCH3 is 1. The van der Waals surface area contributed by atoms with Crippen LogP contribution in [0.4, 0.5) is 0 Å². The topological polar surface area (TPSA) is 64.6 Å². The van der Waals surface area contributed by atoms with E-state index in [1.54, 1.807) is 0 Å². The molecule has 0 aromatic heterocycles. The summed E-state index contributed by atoms with van der Waals surface area (Å²) >= 11 is 0. The number of carbonyl (C=O) groups excluding carboxylic acids is 2. The van der Waals surface area contributed by atoms with Crippen LogP contribution in [0.1, 0.15) is 58.4 Å². The highest BCUT2D eigenvalue weighted by Crippen LogP contribution is 2.21. The molecule has 1 aromatic carbocycles. The normalized spacial score (nSPS) is 11.8. The number of amides is 1. The zero-order valence-electron chi connectivity index (χ0n) is 17.0. The van der Waals surface area contributed by atoms with Gasteiger partial charge in [-0.1, -0.05) is 57.5 Å². The fraction of sp³-hybridized carbons (Fsp3) is 0.545. The van der Waals surface area contributed by atoms with E-state index in [9.17, 15) is 9.59 Å². The molecule has 0 aliphatic carbocycles. The summed E-state index contributed by atoms with van der Waals surface area (Å²) in [5.74, 6) is 0.0660. The van der Waals surface area contributed by atoms with Crippen LogP contribution in [0, 0.1) is 5.41 Å². The number of hydrogen-bond donors (Lipinski definition) is 1. The molecule has 0 saturated heterocycles. The van der Waals surface area contributed by atoms with Crippen LogP contribution in [0.2, 0.25) is 0 Å². The van der Waals surface area contributed by atoms with Crippen molar-refractivity contribution in [2.45, 2.75) is 59.5 Å². The number of carbonyl (C=O) groups is 2. The number of unbranched alkanes of at least 4 members (excludes halogenated alkanes) is 1. The Hall–Kier alpha value is -2.30. The first-order valence-electron chi connectivity index (χ1n) is 9.52. The van der Waals surface area contributed by atoms with Crippen molar-refractivity contribution in [2.24, 2.45) is 5.41 Å². The quantitative estimate of drug-likeness (QED) is 0.270. The van der Waals surface area contributed by atoms with Crippen LogP contribution in [-0.2, 0) is 25.7 Å². The molecule has 150 valence electrons. The van der Waals surface area contributed by atoms with Gasteiger partial charge in [0.05, 0.1) is 13.2 Å². The zero-order chi connectivity index (χ0) is 20.1. The maximum Gasteiger partial charge on any atom is 0.334 e. The highest BCUT2D eigenvalue weighted by Gasteiger charge is 2.10. The number of nitrogens with one attached hydrogen (secondary N) is 1. The van der Waals surface area contributed by atoms with E-state index >= 15 is 0 Å². The second kappa shape index (κ2) is 12.2. The third-order valence-corrected chi connectivity index (χ3v) is 4.04. The molecule has 5 nitrogen and oxygen atoms in total.